The summed E-state index contributed by atoms with van der Waals surface area (Å²) in [7, 11) is 0. The Morgan fingerprint density at radius 2 is 1.90 bits per heavy atom. The number of aliphatic carboxylic acids is 1. The highest BCUT2D eigenvalue weighted by Gasteiger charge is 2.08. The Morgan fingerprint density at radius 3 is 2.50 bits per heavy atom. The molecule has 112 valence electrons. The van der Waals surface area contributed by atoms with E-state index in [0.29, 0.717) is 18.3 Å². The third-order valence-electron chi connectivity index (χ3n) is 3.28. The fraction of sp³-hybridized carbons (Fsp3) is 0.714. The van der Waals surface area contributed by atoms with Crippen LogP contribution in [0.4, 0.5) is 5.95 Å². The molecule has 1 unspecified atom stereocenters. The monoisotopic (exact) mass is 280 g/mol. The first-order valence-corrected chi connectivity index (χ1v) is 7.24. The molecule has 0 aliphatic carbocycles. The number of aromatic nitrogens is 3. The van der Waals surface area contributed by atoms with Gasteiger partial charge in [-0.2, -0.15) is 5.10 Å². The van der Waals surface area contributed by atoms with Gasteiger partial charge in [-0.25, -0.2) is 4.98 Å². The number of hydrogen-bond donors (Lipinski definition) is 2. The molecule has 0 saturated carbocycles. The van der Waals surface area contributed by atoms with Crippen molar-refractivity contribution in [3.05, 3.63) is 11.4 Å². The lowest BCUT2D eigenvalue weighted by atomic mass is 10.0. The van der Waals surface area contributed by atoms with E-state index < -0.39 is 5.97 Å². The van der Waals surface area contributed by atoms with Crippen LogP contribution >= 0.6 is 0 Å². The van der Waals surface area contributed by atoms with Crippen LogP contribution in [0.2, 0.25) is 0 Å². The van der Waals surface area contributed by atoms with Gasteiger partial charge in [-0.3, -0.25) is 4.79 Å². The number of nitrogens with one attached hydrogen (secondary N) is 1. The first-order valence-electron chi connectivity index (χ1n) is 7.24. The van der Waals surface area contributed by atoms with E-state index in [4.69, 9.17) is 5.11 Å². The third kappa shape index (κ3) is 5.50. The molecule has 1 aromatic heterocycles. The summed E-state index contributed by atoms with van der Waals surface area (Å²) in [6.07, 6.45) is 3.52. The number of carbonyl (C=O) groups is 1. The first kappa shape index (κ1) is 16.3. The van der Waals surface area contributed by atoms with E-state index >= 15 is 0 Å². The van der Waals surface area contributed by atoms with E-state index in [2.05, 4.69) is 34.3 Å². The van der Waals surface area contributed by atoms with Crippen molar-refractivity contribution in [1.82, 2.24) is 15.2 Å². The van der Waals surface area contributed by atoms with E-state index in [0.717, 1.165) is 37.2 Å². The Kier molecular flexibility index (Phi) is 6.90. The van der Waals surface area contributed by atoms with Gasteiger partial charge >= 0.3 is 5.97 Å². The lowest BCUT2D eigenvalue weighted by molar-refractivity contribution is -0.137. The van der Waals surface area contributed by atoms with Gasteiger partial charge in [0.1, 0.15) is 0 Å². The minimum atomic E-state index is -0.736. The molecule has 0 saturated heterocycles. The van der Waals surface area contributed by atoms with E-state index in [1.54, 1.807) is 0 Å². The zero-order valence-electron chi connectivity index (χ0n) is 12.5. The van der Waals surface area contributed by atoms with Gasteiger partial charge in [0.05, 0.1) is 11.4 Å². The molecule has 0 aliphatic heterocycles. The molecular weight excluding hydrogens is 256 g/mol. The Hall–Kier alpha value is -1.72. The lowest BCUT2D eigenvalue weighted by Crippen LogP contribution is -2.13. The highest BCUT2D eigenvalue weighted by molar-refractivity contribution is 5.66. The second-order valence-corrected chi connectivity index (χ2v) is 4.99. The molecule has 1 aromatic rings. The van der Waals surface area contributed by atoms with Gasteiger partial charge in [0.15, 0.2) is 0 Å². The maximum atomic E-state index is 10.5. The number of hydrogen-bond acceptors (Lipinski definition) is 5. The van der Waals surface area contributed by atoms with Crippen LogP contribution in [0, 0.1) is 5.92 Å². The first-order chi connectivity index (χ1) is 9.56. The number of rotatable bonds is 9. The molecular formula is C14H24N4O2. The quantitative estimate of drug-likeness (QED) is 0.721. The predicted molar refractivity (Wildman–Crippen MR) is 77.7 cm³/mol. The van der Waals surface area contributed by atoms with Crippen molar-refractivity contribution >= 4 is 11.9 Å². The van der Waals surface area contributed by atoms with E-state index in [9.17, 15) is 4.79 Å². The third-order valence-corrected chi connectivity index (χ3v) is 3.28. The Bertz CT molecular complexity index is 437. The molecule has 0 aromatic carbocycles. The molecule has 0 spiro atoms. The van der Waals surface area contributed by atoms with Gasteiger partial charge in [0, 0.05) is 13.0 Å². The predicted octanol–water partition coefficient (Wildman–Crippen LogP) is 2.30. The number of aryl methyl sites for hydroxylation is 2. The number of carboxylic acid groups (broad SMARTS) is 1. The summed E-state index contributed by atoms with van der Waals surface area (Å²) in [4.78, 5) is 14.9. The molecule has 1 rings (SSSR count). The number of carboxylic acids is 1. The fourth-order valence-corrected chi connectivity index (χ4v) is 1.96. The highest BCUT2D eigenvalue weighted by atomic mass is 16.4. The van der Waals surface area contributed by atoms with Gasteiger partial charge < -0.3 is 10.4 Å². The molecule has 0 fully saturated rings. The Labute approximate surface area is 120 Å². The zero-order valence-corrected chi connectivity index (χ0v) is 12.5. The topological polar surface area (TPSA) is 88.0 Å². The fourth-order valence-electron chi connectivity index (χ4n) is 1.96. The summed E-state index contributed by atoms with van der Waals surface area (Å²) in [5.41, 5.74) is 1.94. The number of anilines is 1. The van der Waals surface area contributed by atoms with Crippen LogP contribution in [0.25, 0.3) is 0 Å². The summed E-state index contributed by atoms with van der Waals surface area (Å²) in [6.45, 7) is 6.89. The van der Waals surface area contributed by atoms with Crippen LogP contribution in [-0.2, 0) is 17.6 Å². The number of nitrogens with zero attached hydrogens (tertiary/aromatic N) is 3. The van der Waals surface area contributed by atoms with Crippen LogP contribution in [0.3, 0.4) is 0 Å². The maximum absolute atomic E-state index is 10.5. The largest absolute Gasteiger partial charge is 0.481 e. The van der Waals surface area contributed by atoms with Crippen molar-refractivity contribution in [2.24, 2.45) is 5.92 Å². The standard InChI is InChI=1S/C14H24N4O2/c1-4-11-12(5-2)17-18-14(16-11)15-9-8-10(3)6-7-13(19)20/h10H,4-9H2,1-3H3,(H,19,20)(H,15,16,18). The molecule has 0 amide bonds. The second kappa shape index (κ2) is 8.45. The van der Waals surface area contributed by atoms with Gasteiger partial charge in [0.25, 0.3) is 0 Å². The summed E-state index contributed by atoms with van der Waals surface area (Å²) in [5.74, 6) is 0.191. The van der Waals surface area contributed by atoms with Crippen molar-refractivity contribution in [2.45, 2.75) is 52.9 Å². The molecule has 2 N–H and O–H groups in total. The van der Waals surface area contributed by atoms with E-state index in [1.165, 1.54) is 0 Å². The van der Waals surface area contributed by atoms with Gasteiger partial charge in [-0.15, -0.1) is 5.10 Å². The minimum Gasteiger partial charge on any atom is -0.481 e. The summed E-state index contributed by atoms with van der Waals surface area (Å²) >= 11 is 0. The average Bonchev–Trinajstić information content (AvgIpc) is 2.44. The van der Waals surface area contributed by atoms with E-state index in [1.807, 2.05) is 6.92 Å². The molecule has 0 bridgehead atoms. The zero-order chi connectivity index (χ0) is 15.0. The van der Waals surface area contributed by atoms with Crippen LogP contribution in [0.1, 0.15) is 51.4 Å². The van der Waals surface area contributed by atoms with Crippen molar-refractivity contribution in [3.8, 4) is 0 Å². The second-order valence-electron chi connectivity index (χ2n) is 4.99. The normalized spacial score (nSPS) is 12.2. The molecule has 1 atom stereocenters. The molecule has 6 heteroatoms. The lowest BCUT2D eigenvalue weighted by Gasteiger charge is -2.11. The van der Waals surface area contributed by atoms with E-state index in [-0.39, 0.29) is 6.42 Å². The van der Waals surface area contributed by atoms with Crippen LogP contribution in [-0.4, -0.2) is 32.8 Å². The van der Waals surface area contributed by atoms with Crippen molar-refractivity contribution < 1.29 is 9.90 Å². The smallest absolute Gasteiger partial charge is 0.303 e. The molecule has 20 heavy (non-hydrogen) atoms. The van der Waals surface area contributed by atoms with Gasteiger partial charge in [0.2, 0.25) is 5.95 Å². The van der Waals surface area contributed by atoms with Crippen molar-refractivity contribution in [1.29, 1.82) is 0 Å². The summed E-state index contributed by atoms with van der Waals surface area (Å²) in [6, 6.07) is 0. The molecule has 0 radical (unpaired) electrons. The molecule has 1 heterocycles. The summed E-state index contributed by atoms with van der Waals surface area (Å²) < 4.78 is 0. The van der Waals surface area contributed by atoms with Gasteiger partial charge in [-0.05, 0) is 31.6 Å². The molecule has 0 aliphatic rings. The van der Waals surface area contributed by atoms with Crippen LogP contribution in [0.5, 0.6) is 0 Å². The van der Waals surface area contributed by atoms with Crippen molar-refractivity contribution in [3.63, 3.8) is 0 Å². The molecule has 6 nitrogen and oxygen atoms in total. The summed E-state index contributed by atoms with van der Waals surface area (Å²) in [5, 5.41) is 20.0. The van der Waals surface area contributed by atoms with Crippen LogP contribution < -0.4 is 5.32 Å². The minimum absolute atomic E-state index is 0.227. The average molecular weight is 280 g/mol. The Balaban J connectivity index is 2.40. The van der Waals surface area contributed by atoms with Crippen molar-refractivity contribution in [2.75, 3.05) is 11.9 Å². The highest BCUT2D eigenvalue weighted by Crippen LogP contribution is 2.11. The SMILES string of the molecule is CCc1nnc(NCCC(C)CCC(=O)O)nc1CC. The Morgan fingerprint density at radius 1 is 1.20 bits per heavy atom. The van der Waals surface area contributed by atoms with Gasteiger partial charge in [-0.1, -0.05) is 20.8 Å². The van der Waals surface area contributed by atoms with Crippen LogP contribution in [0.15, 0.2) is 0 Å². The maximum Gasteiger partial charge on any atom is 0.303 e.